The highest BCUT2D eigenvalue weighted by Gasteiger charge is 2.30. The van der Waals surface area contributed by atoms with Gasteiger partial charge in [-0.3, -0.25) is 9.78 Å². The third-order valence-corrected chi connectivity index (χ3v) is 7.43. The fraction of sp³-hybridized carbons (Fsp3) is 0.467. The molecule has 0 aliphatic rings. The molecule has 0 aliphatic heterocycles. The van der Waals surface area contributed by atoms with E-state index in [2.05, 4.69) is 23.4 Å². The Labute approximate surface area is 234 Å². The highest BCUT2D eigenvalue weighted by Crippen LogP contribution is 2.29. The number of rotatable bonds is 15. The first kappa shape index (κ1) is 31.5. The van der Waals surface area contributed by atoms with Gasteiger partial charge < -0.3 is 27.0 Å². The zero-order chi connectivity index (χ0) is 29.2. The summed E-state index contributed by atoms with van der Waals surface area (Å²) in [5.41, 5.74) is 19.7. The third-order valence-electron chi connectivity index (χ3n) is 7.43. The number of nitrogens with two attached hydrogens (primary N) is 3. The fourth-order valence-corrected chi connectivity index (χ4v) is 5.02. The maximum atomic E-state index is 13.1. The number of nitrogens with one attached hydrogen (secondary N) is 1. The van der Waals surface area contributed by atoms with Crippen molar-refractivity contribution in [2.45, 2.75) is 50.4 Å². The maximum Gasteiger partial charge on any atom is 0.416 e. The number of likely N-dealkylation sites (N-methyl/N-ethyl adjacent to an activating group) is 1. The van der Waals surface area contributed by atoms with Crippen LogP contribution >= 0.6 is 0 Å². The van der Waals surface area contributed by atoms with Gasteiger partial charge >= 0.3 is 6.18 Å². The number of carbonyl (C=O) groups excluding carboxylic acids is 1. The van der Waals surface area contributed by atoms with Crippen LogP contribution in [0.3, 0.4) is 0 Å². The number of benzene rings is 2. The number of hydrogen-bond donors (Lipinski definition) is 4. The second-order valence-electron chi connectivity index (χ2n) is 10.8. The molecule has 0 bridgehead atoms. The predicted molar refractivity (Wildman–Crippen MR) is 153 cm³/mol. The summed E-state index contributed by atoms with van der Waals surface area (Å²) in [6.45, 7) is 3.54. The minimum Gasteiger partial charge on any atom is -0.352 e. The molecule has 1 heterocycles. The van der Waals surface area contributed by atoms with Crippen LogP contribution < -0.4 is 22.5 Å². The molecule has 7 nitrogen and oxygen atoms in total. The number of para-hydroxylation sites is 1. The minimum atomic E-state index is -4.40. The lowest BCUT2D eigenvalue weighted by Gasteiger charge is -2.34. The van der Waals surface area contributed by atoms with Gasteiger partial charge in [-0.25, -0.2) is 0 Å². The Hall–Kier alpha value is -3.05. The number of fused-ring (bicyclic) bond motifs is 1. The van der Waals surface area contributed by atoms with Gasteiger partial charge in [0.05, 0.1) is 43.8 Å². The van der Waals surface area contributed by atoms with Crippen LogP contribution in [0.25, 0.3) is 10.9 Å². The molecule has 2 aromatic carbocycles. The molecular weight excluding hydrogens is 517 g/mol. The van der Waals surface area contributed by atoms with E-state index in [1.54, 1.807) is 0 Å². The van der Waals surface area contributed by atoms with Crippen molar-refractivity contribution < 1.29 is 22.4 Å². The molecule has 0 radical (unpaired) electrons. The van der Waals surface area contributed by atoms with Gasteiger partial charge in [0.15, 0.2) is 0 Å². The number of amides is 1. The molecule has 0 spiro atoms. The molecule has 0 aliphatic carbocycles. The largest absolute Gasteiger partial charge is 0.416 e. The lowest BCUT2D eigenvalue weighted by molar-refractivity contribution is -0.907. The van der Waals surface area contributed by atoms with Crippen molar-refractivity contribution in [2.24, 2.45) is 17.2 Å². The van der Waals surface area contributed by atoms with Gasteiger partial charge in [0, 0.05) is 30.7 Å². The van der Waals surface area contributed by atoms with E-state index in [0.717, 1.165) is 59.1 Å². The van der Waals surface area contributed by atoms with Crippen molar-refractivity contribution in [1.29, 1.82) is 0 Å². The summed E-state index contributed by atoms with van der Waals surface area (Å²) in [5, 5.41) is 4.09. The van der Waals surface area contributed by atoms with Crippen molar-refractivity contribution in [3.8, 4) is 0 Å². The molecule has 2 atom stereocenters. The van der Waals surface area contributed by atoms with Crippen molar-refractivity contribution in [3.05, 3.63) is 77.5 Å². The summed E-state index contributed by atoms with van der Waals surface area (Å²) in [7, 11) is 2.10. The van der Waals surface area contributed by atoms with Gasteiger partial charge in [0.25, 0.3) is 0 Å². The average Bonchev–Trinajstić information content (AvgIpc) is 2.91. The predicted octanol–water partition coefficient (Wildman–Crippen LogP) is 3.39. The van der Waals surface area contributed by atoms with Crippen LogP contribution in [0.15, 0.2) is 60.8 Å². The van der Waals surface area contributed by atoms with Crippen LogP contribution in [0.1, 0.15) is 36.0 Å². The molecule has 10 heteroatoms. The van der Waals surface area contributed by atoms with Crippen molar-refractivity contribution in [2.75, 3.05) is 39.8 Å². The van der Waals surface area contributed by atoms with E-state index >= 15 is 0 Å². The fourth-order valence-electron chi connectivity index (χ4n) is 5.02. The van der Waals surface area contributed by atoms with Gasteiger partial charge in [-0.1, -0.05) is 30.3 Å². The quantitative estimate of drug-likeness (QED) is 0.213. The van der Waals surface area contributed by atoms with E-state index in [1.165, 1.54) is 12.1 Å². The second kappa shape index (κ2) is 14.5. The van der Waals surface area contributed by atoms with Crippen LogP contribution in [-0.2, 0) is 23.8 Å². The minimum absolute atomic E-state index is 0.264. The maximum absolute atomic E-state index is 13.1. The second-order valence-corrected chi connectivity index (χ2v) is 10.8. The Bertz CT molecular complexity index is 1210. The van der Waals surface area contributed by atoms with E-state index in [9.17, 15) is 18.0 Å². The summed E-state index contributed by atoms with van der Waals surface area (Å²) in [6, 6.07) is 14.0. The number of quaternary nitrogens is 1. The van der Waals surface area contributed by atoms with Crippen LogP contribution in [-0.4, -0.2) is 67.2 Å². The van der Waals surface area contributed by atoms with Crippen LogP contribution in [0.5, 0.6) is 0 Å². The average molecular weight is 560 g/mol. The first-order valence-corrected chi connectivity index (χ1v) is 13.8. The Morgan fingerprint density at radius 1 is 0.975 bits per heavy atom. The summed E-state index contributed by atoms with van der Waals surface area (Å²) in [6.07, 6.45) is 0.301. The van der Waals surface area contributed by atoms with Crippen molar-refractivity contribution >= 4 is 16.8 Å². The zero-order valence-electron chi connectivity index (χ0n) is 23.2. The number of aromatic nitrogens is 1. The molecular formula is C30H42F3N6O+. The number of nitrogens with zero attached hydrogens (tertiary/aromatic N) is 2. The number of carbonyl (C=O) groups is 1. The molecule has 0 fully saturated rings. The van der Waals surface area contributed by atoms with Crippen molar-refractivity contribution in [1.82, 2.24) is 10.3 Å². The molecule has 40 heavy (non-hydrogen) atoms. The van der Waals surface area contributed by atoms with Gasteiger partial charge in [-0.05, 0) is 67.5 Å². The number of pyridine rings is 1. The number of hydrogen-bond acceptors (Lipinski definition) is 5. The monoisotopic (exact) mass is 559 g/mol. The molecule has 3 aromatic rings. The van der Waals surface area contributed by atoms with E-state index in [1.807, 2.05) is 30.5 Å². The summed E-state index contributed by atoms with van der Waals surface area (Å²) in [4.78, 5) is 17.6. The van der Waals surface area contributed by atoms with Gasteiger partial charge in [0.1, 0.15) is 0 Å². The van der Waals surface area contributed by atoms with Crippen LogP contribution in [0.4, 0.5) is 13.2 Å². The first-order chi connectivity index (χ1) is 19.0. The molecule has 3 rings (SSSR count). The highest BCUT2D eigenvalue weighted by atomic mass is 19.4. The van der Waals surface area contributed by atoms with Gasteiger partial charge in [0.2, 0.25) is 5.91 Å². The van der Waals surface area contributed by atoms with Gasteiger partial charge in [-0.15, -0.1) is 0 Å². The standard InChI is InChI=1S/C30H41F3N6O/c1-39(17-14-34,18-15-35)16-4-6-27(36)29(40)38-26(20-22-8-11-25(12-9-22)30(31,32)33)13-10-23-19-24-5-2-3-7-28(24)37-21-23/h2-3,5,7-9,11-12,19,21,26-27H,4,6,10,13-18,20,34-36H2,1H3/p+1/t26-,27+/m1/s1. The Kier molecular flexibility index (Phi) is 11.4. The number of halogens is 3. The SMILES string of the molecule is C[N+](CCN)(CCN)CCC[C@H](N)C(=O)N[C@H](CCc1cnc2ccccc2c1)Cc1ccc(C(F)(F)F)cc1. The lowest BCUT2D eigenvalue weighted by atomic mass is 9.97. The third kappa shape index (κ3) is 9.55. The normalized spacial score (nSPS) is 13.8. The van der Waals surface area contributed by atoms with Crippen LogP contribution in [0, 0.1) is 0 Å². The summed E-state index contributed by atoms with van der Waals surface area (Å²) in [5.74, 6) is -0.264. The lowest BCUT2D eigenvalue weighted by Crippen LogP contribution is -2.51. The molecule has 0 saturated carbocycles. The smallest absolute Gasteiger partial charge is 0.352 e. The van der Waals surface area contributed by atoms with E-state index in [-0.39, 0.29) is 11.9 Å². The molecule has 0 saturated heterocycles. The first-order valence-electron chi connectivity index (χ1n) is 13.8. The van der Waals surface area contributed by atoms with Crippen LogP contribution in [0.2, 0.25) is 0 Å². The highest BCUT2D eigenvalue weighted by molar-refractivity contribution is 5.81. The van der Waals surface area contributed by atoms with E-state index in [4.69, 9.17) is 17.2 Å². The zero-order valence-corrected chi connectivity index (χ0v) is 23.2. The summed E-state index contributed by atoms with van der Waals surface area (Å²) >= 11 is 0. The molecule has 218 valence electrons. The molecule has 0 unspecified atom stereocenters. The molecule has 1 aromatic heterocycles. The van der Waals surface area contributed by atoms with E-state index < -0.39 is 17.8 Å². The van der Waals surface area contributed by atoms with E-state index in [0.29, 0.717) is 44.3 Å². The molecule has 7 N–H and O–H groups in total. The number of aryl methyl sites for hydroxylation is 1. The Morgan fingerprint density at radius 3 is 2.30 bits per heavy atom. The molecule has 1 amide bonds. The Morgan fingerprint density at radius 2 is 1.65 bits per heavy atom. The topological polar surface area (TPSA) is 120 Å². The number of alkyl halides is 3. The van der Waals surface area contributed by atoms with Crippen molar-refractivity contribution in [3.63, 3.8) is 0 Å². The Balaban J connectivity index is 1.66. The van der Waals surface area contributed by atoms with Gasteiger partial charge in [-0.2, -0.15) is 13.2 Å². The summed E-state index contributed by atoms with van der Waals surface area (Å²) < 4.78 is 39.8.